The third kappa shape index (κ3) is 7.06. The number of benzene rings is 3. The van der Waals surface area contributed by atoms with Crippen LogP contribution < -0.4 is 16.0 Å². The second-order valence-corrected chi connectivity index (χ2v) is 10.8. The molecule has 6 heteroatoms. The highest BCUT2D eigenvalue weighted by Gasteiger charge is 2.27. The fourth-order valence-electron chi connectivity index (χ4n) is 4.84. The highest BCUT2D eigenvalue weighted by Crippen LogP contribution is 2.21. The van der Waals surface area contributed by atoms with E-state index in [1.165, 1.54) is 0 Å². The molecule has 2 atom stereocenters. The number of carbonyl (C=O) groups is 2. The summed E-state index contributed by atoms with van der Waals surface area (Å²) in [6.07, 6.45) is 0.610. The molecule has 0 bridgehead atoms. The first-order chi connectivity index (χ1) is 17.7. The van der Waals surface area contributed by atoms with E-state index >= 15 is 0 Å². The first-order valence-corrected chi connectivity index (χ1v) is 13.0. The van der Waals surface area contributed by atoms with E-state index in [0.29, 0.717) is 17.5 Å². The van der Waals surface area contributed by atoms with Gasteiger partial charge in [0.1, 0.15) is 0 Å². The lowest BCUT2D eigenvalue weighted by Gasteiger charge is -2.27. The number of aliphatic hydroxyl groups is 1. The molecule has 0 unspecified atom stereocenters. The smallest absolute Gasteiger partial charge is 0.251 e. The van der Waals surface area contributed by atoms with Crippen LogP contribution in [0.15, 0.2) is 72.8 Å². The van der Waals surface area contributed by atoms with Crippen molar-refractivity contribution in [2.75, 3.05) is 6.54 Å². The van der Waals surface area contributed by atoms with Crippen LogP contribution in [0.2, 0.25) is 0 Å². The second kappa shape index (κ2) is 11.7. The van der Waals surface area contributed by atoms with Gasteiger partial charge in [0.25, 0.3) is 11.8 Å². The molecule has 1 aliphatic heterocycles. The third-order valence-electron chi connectivity index (χ3n) is 6.64. The molecule has 0 aliphatic carbocycles. The predicted molar refractivity (Wildman–Crippen MR) is 147 cm³/mol. The number of hydrogen-bond acceptors (Lipinski definition) is 4. The molecule has 0 fully saturated rings. The van der Waals surface area contributed by atoms with Gasteiger partial charge >= 0.3 is 0 Å². The minimum Gasteiger partial charge on any atom is -0.391 e. The average molecular weight is 500 g/mol. The highest BCUT2D eigenvalue weighted by molar-refractivity contribution is 5.97. The van der Waals surface area contributed by atoms with E-state index < -0.39 is 12.1 Å². The van der Waals surface area contributed by atoms with Crippen molar-refractivity contribution >= 4 is 11.8 Å². The summed E-state index contributed by atoms with van der Waals surface area (Å²) in [7, 11) is 0. The Bertz CT molecular complexity index is 1230. The van der Waals surface area contributed by atoms with Crippen LogP contribution in [-0.2, 0) is 25.8 Å². The monoisotopic (exact) mass is 499 g/mol. The zero-order valence-corrected chi connectivity index (χ0v) is 21.9. The molecule has 0 aromatic heterocycles. The van der Waals surface area contributed by atoms with Gasteiger partial charge in [-0.1, -0.05) is 60.7 Å². The van der Waals surface area contributed by atoms with Crippen molar-refractivity contribution in [2.45, 2.75) is 64.3 Å². The molecule has 37 heavy (non-hydrogen) atoms. The molecule has 0 saturated heterocycles. The van der Waals surface area contributed by atoms with Crippen molar-refractivity contribution in [1.29, 1.82) is 0 Å². The first kappa shape index (κ1) is 26.6. The lowest BCUT2D eigenvalue weighted by molar-refractivity contribution is 0.0825. The van der Waals surface area contributed by atoms with Crippen LogP contribution in [-0.4, -0.2) is 41.2 Å². The first-order valence-electron chi connectivity index (χ1n) is 13.0. The van der Waals surface area contributed by atoms with E-state index in [9.17, 15) is 14.7 Å². The van der Waals surface area contributed by atoms with Gasteiger partial charge in [-0.25, -0.2) is 0 Å². The quantitative estimate of drug-likeness (QED) is 0.380. The Labute approximate surface area is 219 Å². The molecule has 3 aromatic carbocycles. The maximum absolute atomic E-state index is 13.5. The Balaban J connectivity index is 1.58. The lowest BCUT2D eigenvalue weighted by atomic mass is 9.92. The van der Waals surface area contributed by atoms with Gasteiger partial charge in [-0.3, -0.25) is 9.59 Å². The fraction of sp³-hybridized carbons (Fsp3) is 0.355. The number of rotatable bonds is 8. The zero-order valence-electron chi connectivity index (χ0n) is 21.9. The van der Waals surface area contributed by atoms with Crippen LogP contribution in [0, 0.1) is 0 Å². The van der Waals surface area contributed by atoms with Gasteiger partial charge in [-0.05, 0) is 74.5 Å². The zero-order chi connectivity index (χ0) is 26.4. The molecular weight excluding hydrogens is 462 g/mol. The van der Waals surface area contributed by atoms with Gasteiger partial charge in [0.05, 0.1) is 12.1 Å². The summed E-state index contributed by atoms with van der Waals surface area (Å²) in [5.41, 5.74) is 4.78. The van der Waals surface area contributed by atoms with Crippen LogP contribution in [0.3, 0.4) is 0 Å². The predicted octanol–water partition coefficient (Wildman–Crippen LogP) is 3.81. The largest absolute Gasteiger partial charge is 0.391 e. The summed E-state index contributed by atoms with van der Waals surface area (Å²) < 4.78 is 0. The van der Waals surface area contributed by atoms with Crippen LogP contribution in [0.25, 0.3) is 0 Å². The van der Waals surface area contributed by atoms with E-state index in [1.807, 2.05) is 87.5 Å². The highest BCUT2D eigenvalue weighted by atomic mass is 16.3. The fourth-order valence-corrected chi connectivity index (χ4v) is 4.84. The van der Waals surface area contributed by atoms with E-state index in [0.717, 1.165) is 41.8 Å². The standard InChI is InChI=1S/C31H37N3O3/c1-31(2,3)34-30(37)25-14-8-7-12-22(25)19-28(35)27(18-21-10-5-4-6-11-21)33-29(36)26-15-9-13-23-20-32-17-16-24(23)26/h4-15,27-28,32,35H,16-20H2,1-3H3,(H,33,36)(H,34,37)/t27-,28-/m1/s1. The molecule has 4 rings (SSSR count). The Kier molecular flexibility index (Phi) is 8.41. The summed E-state index contributed by atoms with van der Waals surface area (Å²) in [5, 5.41) is 20.9. The topological polar surface area (TPSA) is 90.5 Å². The van der Waals surface area contributed by atoms with Crippen LogP contribution >= 0.6 is 0 Å². The molecule has 194 valence electrons. The Morgan fingerprint density at radius 3 is 2.35 bits per heavy atom. The van der Waals surface area contributed by atoms with Gasteiger partial charge in [0, 0.05) is 29.6 Å². The average Bonchev–Trinajstić information content (AvgIpc) is 2.87. The van der Waals surface area contributed by atoms with Crippen LogP contribution in [0.4, 0.5) is 0 Å². The molecule has 3 aromatic rings. The normalized spacial score (nSPS) is 14.8. The van der Waals surface area contributed by atoms with Gasteiger partial charge in [0.15, 0.2) is 0 Å². The summed E-state index contributed by atoms with van der Waals surface area (Å²) >= 11 is 0. The van der Waals surface area contributed by atoms with E-state index in [1.54, 1.807) is 6.07 Å². The van der Waals surface area contributed by atoms with E-state index in [2.05, 4.69) is 16.0 Å². The Morgan fingerprint density at radius 1 is 0.892 bits per heavy atom. The van der Waals surface area contributed by atoms with Gasteiger partial charge in [-0.2, -0.15) is 0 Å². The van der Waals surface area contributed by atoms with Gasteiger partial charge < -0.3 is 21.1 Å². The number of hydrogen-bond donors (Lipinski definition) is 4. The van der Waals surface area contributed by atoms with Crippen molar-refractivity contribution in [3.63, 3.8) is 0 Å². The van der Waals surface area contributed by atoms with Gasteiger partial charge in [-0.15, -0.1) is 0 Å². The van der Waals surface area contributed by atoms with Crippen molar-refractivity contribution in [3.05, 3.63) is 106 Å². The van der Waals surface area contributed by atoms with Crippen LogP contribution in [0.5, 0.6) is 0 Å². The molecule has 2 amide bonds. The minimum absolute atomic E-state index is 0.177. The van der Waals surface area contributed by atoms with E-state index in [4.69, 9.17) is 0 Å². The molecule has 1 aliphatic rings. The van der Waals surface area contributed by atoms with E-state index in [-0.39, 0.29) is 23.8 Å². The maximum Gasteiger partial charge on any atom is 0.251 e. The summed E-state index contributed by atoms with van der Waals surface area (Å²) in [6.45, 7) is 7.39. The molecule has 0 radical (unpaired) electrons. The van der Waals surface area contributed by atoms with Crippen LogP contribution in [0.1, 0.15) is 63.7 Å². The Morgan fingerprint density at radius 2 is 1.59 bits per heavy atom. The number of fused-ring (bicyclic) bond motifs is 1. The molecule has 6 nitrogen and oxygen atoms in total. The van der Waals surface area contributed by atoms with Gasteiger partial charge in [0.2, 0.25) is 0 Å². The minimum atomic E-state index is -0.894. The molecule has 0 saturated carbocycles. The molecule has 1 heterocycles. The second-order valence-electron chi connectivity index (χ2n) is 10.8. The van der Waals surface area contributed by atoms with Crippen molar-refractivity contribution in [3.8, 4) is 0 Å². The number of amides is 2. The maximum atomic E-state index is 13.5. The number of carbonyl (C=O) groups excluding carboxylic acids is 2. The summed E-state index contributed by atoms with van der Waals surface area (Å²) in [6, 6.07) is 22.4. The van der Waals surface area contributed by atoms with Crippen molar-refractivity contribution < 1.29 is 14.7 Å². The number of nitrogens with one attached hydrogen (secondary N) is 3. The lowest BCUT2D eigenvalue weighted by Crippen LogP contribution is -2.46. The molecule has 4 N–H and O–H groups in total. The molecular formula is C31H37N3O3. The number of aliphatic hydroxyl groups excluding tert-OH is 1. The third-order valence-corrected chi connectivity index (χ3v) is 6.64. The Hall–Kier alpha value is -3.48. The summed E-state index contributed by atoms with van der Waals surface area (Å²) in [5.74, 6) is -0.360. The SMILES string of the molecule is CC(C)(C)NC(=O)c1ccccc1C[C@@H](O)[C@@H](Cc1ccccc1)NC(=O)c1cccc2c1CCNC2. The summed E-state index contributed by atoms with van der Waals surface area (Å²) in [4.78, 5) is 26.5. The molecule has 0 spiro atoms. The van der Waals surface area contributed by atoms with Crippen molar-refractivity contribution in [1.82, 2.24) is 16.0 Å². The van der Waals surface area contributed by atoms with Crippen molar-refractivity contribution in [2.24, 2.45) is 0 Å².